The maximum Gasteiger partial charge on any atom is 0.0346 e. The van der Waals surface area contributed by atoms with E-state index in [1.165, 1.54) is 21.9 Å². The van der Waals surface area contributed by atoms with Crippen molar-refractivity contribution in [1.82, 2.24) is 4.98 Å². The maximum atomic E-state index is 4.12. The van der Waals surface area contributed by atoms with Crippen LogP contribution in [0.5, 0.6) is 0 Å². The van der Waals surface area contributed by atoms with Gasteiger partial charge in [0, 0.05) is 17.8 Å². The molecule has 0 N–H and O–H groups in total. The summed E-state index contributed by atoms with van der Waals surface area (Å²) in [6.07, 6.45) is 5.85. The van der Waals surface area contributed by atoms with E-state index in [0.717, 1.165) is 0 Å². The minimum Gasteiger partial charge on any atom is -0.264 e. The fourth-order valence-electron chi connectivity index (χ4n) is 1.50. The summed E-state index contributed by atoms with van der Waals surface area (Å²) >= 11 is 0. The van der Waals surface area contributed by atoms with E-state index < -0.39 is 0 Å². The van der Waals surface area contributed by atoms with Gasteiger partial charge >= 0.3 is 0 Å². The molecule has 0 aliphatic rings. The summed E-state index contributed by atoms with van der Waals surface area (Å²) in [4.78, 5) is 4.12. The zero-order valence-electron chi connectivity index (χ0n) is 8.49. The van der Waals surface area contributed by atoms with Gasteiger partial charge in [-0.15, -0.1) is 0 Å². The highest BCUT2D eigenvalue weighted by molar-refractivity contribution is 5.85. The first-order valence-electron chi connectivity index (χ1n) is 4.78. The zero-order chi connectivity index (χ0) is 9.97. The molecule has 2 aromatic rings. The van der Waals surface area contributed by atoms with Gasteiger partial charge < -0.3 is 0 Å². The summed E-state index contributed by atoms with van der Waals surface area (Å²) in [5, 5.41) is 2.44. The van der Waals surface area contributed by atoms with E-state index in [9.17, 15) is 0 Å². The molecule has 0 saturated heterocycles. The molecule has 0 bridgehead atoms. The standard InChI is InChI=1S/C13H13N/c1-3-10(2)12-5-4-11-6-7-14-9-13(11)8-12/h3-9H,1-2H3. The number of pyridine rings is 1. The summed E-state index contributed by atoms with van der Waals surface area (Å²) in [5.41, 5.74) is 2.57. The zero-order valence-corrected chi connectivity index (χ0v) is 8.49. The second-order valence-electron chi connectivity index (χ2n) is 3.41. The molecule has 0 fully saturated rings. The maximum absolute atomic E-state index is 4.12. The number of hydrogen-bond donors (Lipinski definition) is 0. The van der Waals surface area contributed by atoms with Gasteiger partial charge in [-0.1, -0.05) is 18.2 Å². The predicted molar refractivity (Wildman–Crippen MR) is 61.1 cm³/mol. The van der Waals surface area contributed by atoms with Crippen molar-refractivity contribution in [1.29, 1.82) is 0 Å². The largest absolute Gasteiger partial charge is 0.264 e. The van der Waals surface area contributed by atoms with Crippen LogP contribution in [0.4, 0.5) is 0 Å². The van der Waals surface area contributed by atoms with Gasteiger partial charge in [0.25, 0.3) is 0 Å². The fraction of sp³-hybridized carbons (Fsp3) is 0.154. The molecule has 14 heavy (non-hydrogen) atoms. The Morgan fingerprint density at radius 1 is 1.21 bits per heavy atom. The lowest BCUT2D eigenvalue weighted by atomic mass is 10.0. The Hall–Kier alpha value is -1.63. The second-order valence-corrected chi connectivity index (χ2v) is 3.41. The highest BCUT2D eigenvalue weighted by Gasteiger charge is 1.96. The third-order valence-electron chi connectivity index (χ3n) is 2.53. The van der Waals surface area contributed by atoms with Crippen LogP contribution in [0.2, 0.25) is 0 Å². The van der Waals surface area contributed by atoms with Crippen LogP contribution in [-0.4, -0.2) is 4.98 Å². The molecule has 0 amide bonds. The van der Waals surface area contributed by atoms with Gasteiger partial charge in [-0.05, 0) is 42.5 Å². The van der Waals surface area contributed by atoms with Gasteiger partial charge in [0.15, 0.2) is 0 Å². The summed E-state index contributed by atoms with van der Waals surface area (Å²) in [6.45, 7) is 4.18. The molecule has 0 radical (unpaired) electrons. The summed E-state index contributed by atoms with van der Waals surface area (Å²) in [6, 6.07) is 8.50. The van der Waals surface area contributed by atoms with Crippen molar-refractivity contribution >= 4 is 16.3 Å². The summed E-state index contributed by atoms with van der Waals surface area (Å²) < 4.78 is 0. The van der Waals surface area contributed by atoms with Gasteiger partial charge in [-0.3, -0.25) is 4.98 Å². The van der Waals surface area contributed by atoms with Crippen LogP contribution in [0.15, 0.2) is 42.7 Å². The Morgan fingerprint density at radius 2 is 2.07 bits per heavy atom. The quantitative estimate of drug-likeness (QED) is 0.657. The van der Waals surface area contributed by atoms with Crippen LogP contribution in [-0.2, 0) is 0 Å². The minimum atomic E-state index is 1.20. The molecule has 70 valence electrons. The van der Waals surface area contributed by atoms with Crippen LogP contribution in [0.1, 0.15) is 19.4 Å². The molecule has 0 aliphatic heterocycles. The van der Waals surface area contributed by atoms with Crippen molar-refractivity contribution in [3.05, 3.63) is 48.3 Å². The Labute approximate surface area is 84.1 Å². The van der Waals surface area contributed by atoms with E-state index in [0.29, 0.717) is 0 Å². The molecule has 1 heteroatoms. The van der Waals surface area contributed by atoms with Crippen molar-refractivity contribution in [2.75, 3.05) is 0 Å². The third-order valence-corrected chi connectivity index (χ3v) is 2.53. The van der Waals surface area contributed by atoms with Crippen LogP contribution in [0.25, 0.3) is 16.3 Å². The average molecular weight is 183 g/mol. The number of fused-ring (bicyclic) bond motifs is 1. The monoisotopic (exact) mass is 183 g/mol. The summed E-state index contributed by atoms with van der Waals surface area (Å²) in [7, 11) is 0. The molecule has 0 aliphatic carbocycles. The van der Waals surface area contributed by atoms with Crippen LogP contribution < -0.4 is 0 Å². The van der Waals surface area contributed by atoms with Crippen molar-refractivity contribution in [3.63, 3.8) is 0 Å². The Bertz CT molecular complexity index is 483. The van der Waals surface area contributed by atoms with Crippen molar-refractivity contribution in [2.45, 2.75) is 13.8 Å². The van der Waals surface area contributed by atoms with Gasteiger partial charge in [0.2, 0.25) is 0 Å². The third kappa shape index (κ3) is 1.53. The number of rotatable bonds is 1. The molecule has 2 rings (SSSR count). The van der Waals surface area contributed by atoms with Crippen LogP contribution in [0, 0.1) is 0 Å². The SMILES string of the molecule is CC=C(C)c1ccc2ccncc2c1. The average Bonchev–Trinajstić information content (AvgIpc) is 2.27. The Balaban J connectivity index is 2.62. The molecule has 0 unspecified atom stereocenters. The van der Waals surface area contributed by atoms with Gasteiger partial charge in [0.1, 0.15) is 0 Å². The number of benzene rings is 1. The lowest BCUT2D eigenvalue weighted by Gasteiger charge is -2.02. The first kappa shape index (κ1) is 8.95. The number of allylic oxidation sites excluding steroid dienone is 2. The van der Waals surface area contributed by atoms with Crippen molar-refractivity contribution in [3.8, 4) is 0 Å². The Morgan fingerprint density at radius 3 is 2.86 bits per heavy atom. The Kier molecular flexibility index (Phi) is 2.32. The van der Waals surface area contributed by atoms with Gasteiger partial charge in [-0.2, -0.15) is 0 Å². The van der Waals surface area contributed by atoms with E-state index in [4.69, 9.17) is 0 Å². The molecule has 1 aromatic heterocycles. The molecule has 0 spiro atoms. The molecule has 1 aromatic carbocycles. The highest BCUT2D eigenvalue weighted by Crippen LogP contribution is 2.19. The second kappa shape index (κ2) is 3.62. The van der Waals surface area contributed by atoms with Crippen molar-refractivity contribution in [2.24, 2.45) is 0 Å². The number of aromatic nitrogens is 1. The van der Waals surface area contributed by atoms with E-state index in [1.54, 1.807) is 0 Å². The molecule has 1 heterocycles. The fourth-order valence-corrected chi connectivity index (χ4v) is 1.50. The van der Waals surface area contributed by atoms with Crippen molar-refractivity contribution < 1.29 is 0 Å². The first-order valence-corrected chi connectivity index (χ1v) is 4.78. The molecule has 0 atom stereocenters. The normalized spacial score (nSPS) is 12.0. The summed E-state index contributed by atoms with van der Waals surface area (Å²) in [5.74, 6) is 0. The lowest BCUT2D eigenvalue weighted by molar-refractivity contribution is 1.36. The first-order chi connectivity index (χ1) is 6.81. The number of nitrogens with zero attached hydrogens (tertiary/aromatic N) is 1. The molecular formula is C13H13N. The lowest BCUT2D eigenvalue weighted by Crippen LogP contribution is -1.81. The topological polar surface area (TPSA) is 12.9 Å². The van der Waals surface area contributed by atoms with Crippen LogP contribution in [0.3, 0.4) is 0 Å². The van der Waals surface area contributed by atoms with Gasteiger partial charge in [-0.25, -0.2) is 0 Å². The smallest absolute Gasteiger partial charge is 0.0346 e. The van der Waals surface area contributed by atoms with Gasteiger partial charge in [0.05, 0.1) is 0 Å². The van der Waals surface area contributed by atoms with E-state index >= 15 is 0 Å². The van der Waals surface area contributed by atoms with E-state index in [1.807, 2.05) is 18.5 Å². The molecule has 1 nitrogen and oxygen atoms in total. The number of hydrogen-bond acceptors (Lipinski definition) is 1. The molecule has 0 saturated carbocycles. The van der Waals surface area contributed by atoms with E-state index in [-0.39, 0.29) is 0 Å². The minimum absolute atomic E-state index is 1.20. The predicted octanol–water partition coefficient (Wildman–Crippen LogP) is 3.66. The highest BCUT2D eigenvalue weighted by atomic mass is 14.6. The van der Waals surface area contributed by atoms with E-state index in [2.05, 4.69) is 43.1 Å². The van der Waals surface area contributed by atoms with Crippen LogP contribution >= 0.6 is 0 Å². The molecular weight excluding hydrogens is 170 g/mol.